The van der Waals surface area contributed by atoms with Gasteiger partial charge in [-0.15, -0.1) is 0 Å². The van der Waals surface area contributed by atoms with Crippen LogP contribution in [0.25, 0.3) is 22.0 Å². The summed E-state index contributed by atoms with van der Waals surface area (Å²) in [6, 6.07) is 10.1. The van der Waals surface area contributed by atoms with E-state index in [0.29, 0.717) is 51.2 Å². The molecule has 1 saturated carbocycles. The number of benzene rings is 2. The Balaban J connectivity index is 1.75. The van der Waals surface area contributed by atoms with Gasteiger partial charge in [-0.25, -0.2) is 4.39 Å². The number of nitrogens with one attached hydrogen (secondary N) is 2. The largest absolute Gasteiger partial charge is 0.456 e. The molecule has 5 rings (SSSR count). The quantitative estimate of drug-likeness (QED) is 0.296. The zero-order chi connectivity index (χ0) is 27.4. The first kappa shape index (κ1) is 25.7. The van der Waals surface area contributed by atoms with Crippen molar-refractivity contribution < 1.29 is 19.0 Å². The average molecular weight is 518 g/mol. The molecule has 1 fully saturated rings. The van der Waals surface area contributed by atoms with Crippen LogP contribution in [0.1, 0.15) is 66.7 Å². The Morgan fingerprint density at radius 2 is 1.95 bits per heavy atom. The molecule has 1 aliphatic rings. The molecule has 4 aromatic rings. The van der Waals surface area contributed by atoms with E-state index in [4.69, 9.17) is 4.74 Å². The molecule has 0 bridgehead atoms. The van der Waals surface area contributed by atoms with Gasteiger partial charge in [-0.2, -0.15) is 0 Å². The number of fused-ring (bicyclic) bond motifs is 1. The zero-order valence-electron chi connectivity index (χ0n) is 22.2. The van der Waals surface area contributed by atoms with Crippen LogP contribution >= 0.6 is 0 Å². The third kappa shape index (κ3) is 4.72. The molecule has 1 amide bonds. The SMILES string of the molecule is CCNC(=O)c1cc2c(-c3cc(C(C)(C)O)ccc3Oc3c(C)cc(F)cc3C3CC3)cn(C)c(=O)c2[nH]1. The third-order valence-electron chi connectivity index (χ3n) is 7.02. The van der Waals surface area contributed by atoms with Crippen LogP contribution in [0.15, 0.2) is 47.4 Å². The van der Waals surface area contributed by atoms with Crippen molar-refractivity contribution in [3.63, 3.8) is 0 Å². The van der Waals surface area contributed by atoms with Crippen LogP contribution in [0.2, 0.25) is 0 Å². The third-order valence-corrected chi connectivity index (χ3v) is 7.02. The Bertz CT molecular complexity index is 1620. The minimum absolute atomic E-state index is 0.257. The highest BCUT2D eigenvalue weighted by Gasteiger charge is 2.30. The fourth-order valence-corrected chi connectivity index (χ4v) is 4.84. The summed E-state index contributed by atoms with van der Waals surface area (Å²) in [5.74, 6) is 0.764. The lowest BCUT2D eigenvalue weighted by Crippen LogP contribution is -2.23. The number of hydrogen-bond donors (Lipinski definition) is 3. The van der Waals surface area contributed by atoms with Gasteiger partial charge in [0.05, 0.1) is 5.60 Å². The van der Waals surface area contributed by atoms with Gasteiger partial charge in [0.15, 0.2) is 0 Å². The molecular formula is C30H32FN3O4. The summed E-state index contributed by atoms with van der Waals surface area (Å²) in [4.78, 5) is 28.6. The maximum atomic E-state index is 14.3. The van der Waals surface area contributed by atoms with E-state index in [1.54, 1.807) is 51.4 Å². The topological polar surface area (TPSA) is 96.3 Å². The number of halogens is 1. The molecule has 0 radical (unpaired) electrons. The lowest BCUT2D eigenvalue weighted by molar-refractivity contribution is 0.0786. The molecule has 0 saturated heterocycles. The highest BCUT2D eigenvalue weighted by Crippen LogP contribution is 2.48. The van der Waals surface area contributed by atoms with Crippen LogP contribution in [-0.2, 0) is 12.6 Å². The van der Waals surface area contributed by atoms with Crippen molar-refractivity contribution in [2.24, 2.45) is 7.05 Å². The first-order chi connectivity index (χ1) is 18.0. The van der Waals surface area contributed by atoms with E-state index in [1.807, 2.05) is 19.9 Å². The molecule has 8 heteroatoms. The number of H-pyrrole nitrogens is 1. The molecule has 0 aliphatic heterocycles. The molecule has 7 nitrogen and oxygen atoms in total. The van der Waals surface area contributed by atoms with Crippen LogP contribution in [0.3, 0.4) is 0 Å². The number of aromatic amines is 1. The van der Waals surface area contributed by atoms with E-state index in [1.165, 1.54) is 10.6 Å². The summed E-state index contributed by atoms with van der Waals surface area (Å²) in [5.41, 5.74) is 2.63. The lowest BCUT2D eigenvalue weighted by Gasteiger charge is -2.22. The number of nitrogens with zero attached hydrogens (tertiary/aromatic N) is 1. The number of aryl methyl sites for hydroxylation is 2. The summed E-state index contributed by atoms with van der Waals surface area (Å²) in [6.07, 6.45) is 3.67. The summed E-state index contributed by atoms with van der Waals surface area (Å²) in [6.45, 7) is 7.49. The fraction of sp³-hybridized carbons (Fsp3) is 0.333. The van der Waals surface area contributed by atoms with Gasteiger partial charge in [-0.05, 0) is 87.9 Å². The molecule has 2 heterocycles. The van der Waals surface area contributed by atoms with Crippen molar-refractivity contribution in [2.45, 2.75) is 52.1 Å². The number of hydrogen-bond acceptors (Lipinski definition) is 4. The predicted octanol–water partition coefficient (Wildman–Crippen LogP) is 5.63. The summed E-state index contributed by atoms with van der Waals surface area (Å²) < 4.78 is 22.3. The Morgan fingerprint density at radius 3 is 2.61 bits per heavy atom. The summed E-state index contributed by atoms with van der Waals surface area (Å²) in [7, 11) is 1.65. The van der Waals surface area contributed by atoms with Gasteiger partial charge in [0, 0.05) is 41.9 Å². The Morgan fingerprint density at radius 1 is 1.21 bits per heavy atom. The van der Waals surface area contributed by atoms with Crippen molar-refractivity contribution in [1.82, 2.24) is 14.9 Å². The van der Waals surface area contributed by atoms with Crippen molar-refractivity contribution in [3.05, 3.63) is 81.2 Å². The smallest absolute Gasteiger partial charge is 0.274 e. The number of carbonyl (C=O) groups excluding carboxylic acids is 1. The second-order valence-corrected chi connectivity index (χ2v) is 10.6. The Kier molecular flexibility index (Phi) is 6.39. The average Bonchev–Trinajstić information content (AvgIpc) is 3.60. The maximum Gasteiger partial charge on any atom is 0.274 e. The second kappa shape index (κ2) is 9.44. The van der Waals surface area contributed by atoms with Gasteiger partial charge >= 0.3 is 0 Å². The standard InChI is InChI=1S/C30H32FN3O4/c1-6-32-28(35)24-14-22-23(15-34(5)29(36)26(22)33-24)21-12-18(30(3,4)37)9-10-25(21)38-27-16(2)11-19(31)13-20(27)17-7-8-17/h9-15,17,33,37H,6-8H2,1-5H3,(H,32,35). The molecule has 2 aromatic heterocycles. The number of aliphatic hydroxyl groups is 1. The van der Waals surface area contributed by atoms with E-state index in [-0.39, 0.29) is 28.9 Å². The van der Waals surface area contributed by atoms with Gasteiger partial charge < -0.3 is 24.7 Å². The molecule has 0 unspecified atom stereocenters. The lowest BCUT2D eigenvalue weighted by atomic mass is 9.93. The molecular weight excluding hydrogens is 485 g/mol. The molecule has 0 spiro atoms. The van der Waals surface area contributed by atoms with Crippen molar-refractivity contribution in [2.75, 3.05) is 6.54 Å². The van der Waals surface area contributed by atoms with Crippen LogP contribution in [-0.4, -0.2) is 27.1 Å². The highest BCUT2D eigenvalue weighted by atomic mass is 19.1. The zero-order valence-corrected chi connectivity index (χ0v) is 22.2. The monoisotopic (exact) mass is 517 g/mol. The predicted molar refractivity (Wildman–Crippen MR) is 145 cm³/mol. The fourth-order valence-electron chi connectivity index (χ4n) is 4.84. The van der Waals surface area contributed by atoms with Crippen LogP contribution in [0.5, 0.6) is 11.5 Å². The first-order valence-corrected chi connectivity index (χ1v) is 12.8. The molecule has 2 aromatic carbocycles. The second-order valence-electron chi connectivity index (χ2n) is 10.6. The molecule has 38 heavy (non-hydrogen) atoms. The normalized spacial score (nSPS) is 13.7. The van der Waals surface area contributed by atoms with Gasteiger partial charge in [-0.3, -0.25) is 9.59 Å². The minimum Gasteiger partial charge on any atom is -0.456 e. The van der Waals surface area contributed by atoms with E-state index < -0.39 is 5.60 Å². The maximum absolute atomic E-state index is 14.3. The minimum atomic E-state index is -1.14. The van der Waals surface area contributed by atoms with E-state index in [0.717, 1.165) is 18.4 Å². The molecule has 0 atom stereocenters. The number of carbonyl (C=O) groups is 1. The van der Waals surface area contributed by atoms with Crippen LogP contribution in [0.4, 0.5) is 4.39 Å². The summed E-state index contributed by atoms with van der Waals surface area (Å²) in [5, 5.41) is 14.1. The highest BCUT2D eigenvalue weighted by molar-refractivity contribution is 6.03. The Labute approximate surface area is 220 Å². The number of rotatable bonds is 7. The molecule has 1 aliphatic carbocycles. The van der Waals surface area contributed by atoms with Gasteiger partial charge in [0.2, 0.25) is 0 Å². The van der Waals surface area contributed by atoms with Gasteiger partial charge in [-0.1, -0.05) is 6.07 Å². The Hall–Kier alpha value is -3.91. The van der Waals surface area contributed by atoms with E-state index >= 15 is 0 Å². The van der Waals surface area contributed by atoms with E-state index in [9.17, 15) is 19.1 Å². The van der Waals surface area contributed by atoms with Gasteiger partial charge in [0.1, 0.15) is 28.5 Å². The van der Waals surface area contributed by atoms with Crippen LogP contribution in [0, 0.1) is 12.7 Å². The summed E-state index contributed by atoms with van der Waals surface area (Å²) >= 11 is 0. The van der Waals surface area contributed by atoms with Crippen molar-refractivity contribution in [3.8, 4) is 22.6 Å². The number of amides is 1. The molecule has 3 N–H and O–H groups in total. The number of pyridine rings is 1. The van der Waals surface area contributed by atoms with Crippen molar-refractivity contribution in [1.29, 1.82) is 0 Å². The van der Waals surface area contributed by atoms with Gasteiger partial charge in [0.25, 0.3) is 11.5 Å². The molecule has 198 valence electrons. The number of aromatic nitrogens is 2. The number of ether oxygens (including phenoxy) is 1. The van der Waals surface area contributed by atoms with Crippen LogP contribution < -0.4 is 15.6 Å². The van der Waals surface area contributed by atoms with Crippen molar-refractivity contribution >= 4 is 16.8 Å². The van der Waals surface area contributed by atoms with E-state index in [2.05, 4.69) is 10.3 Å². The first-order valence-electron chi connectivity index (χ1n) is 12.8.